The number of aromatic hydroxyl groups is 1. The van der Waals surface area contributed by atoms with Crippen molar-refractivity contribution in [3.63, 3.8) is 0 Å². The van der Waals surface area contributed by atoms with E-state index in [1.54, 1.807) is 25.1 Å². The maximum atomic E-state index is 13.4. The minimum absolute atomic E-state index is 0.0676. The standard InChI is InChI=1S/C29H24N2O5S/c1-3-36-23-16-19(11-14-21(23)32)26-25(22(33)13-10-18-7-5-4-6-8-18)27(34)28(35)31(26)29-30-20-12-9-17(2)15-24(20)37-29/h4-16,26,32,34H,3H2,1-2H3. The third-order valence-electron chi connectivity index (χ3n) is 6.04. The largest absolute Gasteiger partial charge is 0.504 e. The van der Waals surface area contributed by atoms with Gasteiger partial charge in [-0.1, -0.05) is 59.9 Å². The van der Waals surface area contributed by atoms with Crippen molar-refractivity contribution >= 4 is 44.5 Å². The molecule has 2 N–H and O–H groups in total. The molecule has 1 aromatic heterocycles. The summed E-state index contributed by atoms with van der Waals surface area (Å²) in [6.07, 6.45) is 2.98. The van der Waals surface area contributed by atoms with E-state index in [4.69, 9.17) is 4.74 Å². The Bertz CT molecular complexity index is 1570. The highest BCUT2D eigenvalue weighted by Crippen LogP contribution is 2.45. The predicted molar refractivity (Wildman–Crippen MR) is 144 cm³/mol. The molecule has 2 heterocycles. The van der Waals surface area contributed by atoms with Crippen molar-refractivity contribution in [2.75, 3.05) is 11.5 Å². The molecule has 0 aliphatic carbocycles. The van der Waals surface area contributed by atoms with Crippen LogP contribution in [0.25, 0.3) is 16.3 Å². The Morgan fingerprint density at radius 3 is 2.65 bits per heavy atom. The number of hydrogen-bond donors (Lipinski definition) is 2. The molecule has 37 heavy (non-hydrogen) atoms. The van der Waals surface area contributed by atoms with Gasteiger partial charge in [-0.2, -0.15) is 0 Å². The average molecular weight is 513 g/mol. The molecule has 0 fully saturated rings. The van der Waals surface area contributed by atoms with Gasteiger partial charge in [0.2, 0.25) is 0 Å². The van der Waals surface area contributed by atoms with Crippen LogP contribution in [0.5, 0.6) is 11.5 Å². The molecule has 186 valence electrons. The number of aromatic nitrogens is 1. The van der Waals surface area contributed by atoms with Crippen LogP contribution in [0.4, 0.5) is 5.13 Å². The number of allylic oxidation sites excluding steroid dienone is 1. The number of hydrogen-bond acceptors (Lipinski definition) is 7. The normalized spacial score (nSPS) is 15.8. The number of ether oxygens (including phenoxy) is 1. The first-order valence-electron chi connectivity index (χ1n) is 11.7. The van der Waals surface area contributed by atoms with Crippen LogP contribution in [0, 0.1) is 6.92 Å². The molecule has 0 spiro atoms. The minimum Gasteiger partial charge on any atom is -0.504 e. The number of carbonyl (C=O) groups excluding carboxylic acids is 2. The van der Waals surface area contributed by atoms with Crippen LogP contribution in [0.2, 0.25) is 0 Å². The van der Waals surface area contributed by atoms with Crippen LogP contribution >= 0.6 is 11.3 Å². The van der Waals surface area contributed by atoms with Crippen LogP contribution in [-0.2, 0) is 9.59 Å². The van der Waals surface area contributed by atoms with Crippen LogP contribution in [0.3, 0.4) is 0 Å². The van der Waals surface area contributed by atoms with Crippen LogP contribution in [0.15, 0.2) is 84.1 Å². The number of rotatable bonds is 7. The monoisotopic (exact) mass is 512 g/mol. The highest BCUT2D eigenvalue weighted by atomic mass is 32.1. The lowest BCUT2D eigenvalue weighted by molar-refractivity contribution is -0.117. The van der Waals surface area contributed by atoms with Gasteiger partial charge in [0.15, 0.2) is 28.2 Å². The van der Waals surface area contributed by atoms with E-state index >= 15 is 0 Å². The summed E-state index contributed by atoms with van der Waals surface area (Å²) < 4.78 is 6.43. The number of fused-ring (bicyclic) bond motifs is 1. The maximum absolute atomic E-state index is 13.4. The van der Waals surface area contributed by atoms with Gasteiger partial charge < -0.3 is 14.9 Å². The van der Waals surface area contributed by atoms with E-state index < -0.39 is 23.5 Å². The first kappa shape index (κ1) is 24.3. The quantitative estimate of drug-likeness (QED) is 0.300. The SMILES string of the molecule is CCOc1cc(C2C(C(=O)C=Cc3ccccc3)=C(O)C(=O)N2c2nc3ccc(C)cc3s2)ccc1O. The number of aliphatic hydroxyl groups is 1. The summed E-state index contributed by atoms with van der Waals surface area (Å²) in [6, 6.07) is 18.7. The fourth-order valence-corrected chi connectivity index (χ4v) is 5.38. The Morgan fingerprint density at radius 1 is 1.11 bits per heavy atom. The molecule has 0 saturated heterocycles. The van der Waals surface area contributed by atoms with E-state index in [2.05, 4.69) is 4.98 Å². The van der Waals surface area contributed by atoms with Crippen LogP contribution in [0.1, 0.15) is 29.7 Å². The topological polar surface area (TPSA) is 100.0 Å². The number of aryl methyl sites for hydroxylation is 1. The van der Waals surface area contributed by atoms with E-state index in [0.717, 1.165) is 15.8 Å². The Morgan fingerprint density at radius 2 is 1.89 bits per heavy atom. The first-order chi connectivity index (χ1) is 17.9. The summed E-state index contributed by atoms with van der Waals surface area (Å²) >= 11 is 1.30. The predicted octanol–water partition coefficient (Wildman–Crippen LogP) is 5.89. The molecule has 3 aromatic carbocycles. The van der Waals surface area contributed by atoms with Crippen LogP contribution in [-0.4, -0.2) is 33.5 Å². The van der Waals surface area contributed by atoms with Crippen molar-refractivity contribution in [1.29, 1.82) is 0 Å². The second-order valence-electron chi connectivity index (χ2n) is 8.58. The summed E-state index contributed by atoms with van der Waals surface area (Å²) in [5.41, 5.74) is 2.99. The Kier molecular flexibility index (Phi) is 6.50. The molecule has 0 radical (unpaired) electrons. The highest BCUT2D eigenvalue weighted by molar-refractivity contribution is 7.22. The van der Waals surface area contributed by atoms with Gasteiger partial charge in [0.1, 0.15) is 0 Å². The lowest BCUT2D eigenvalue weighted by Crippen LogP contribution is -2.30. The number of ketones is 1. The Balaban J connectivity index is 1.63. The molecule has 1 atom stereocenters. The van der Waals surface area contributed by atoms with Crippen molar-refractivity contribution in [2.24, 2.45) is 0 Å². The van der Waals surface area contributed by atoms with Gasteiger partial charge in [0.05, 0.1) is 28.4 Å². The third-order valence-corrected chi connectivity index (χ3v) is 7.06. The number of benzene rings is 3. The van der Waals surface area contributed by atoms with Crippen molar-refractivity contribution in [3.8, 4) is 11.5 Å². The fraction of sp³-hybridized carbons (Fsp3) is 0.138. The smallest absolute Gasteiger partial charge is 0.296 e. The highest BCUT2D eigenvalue weighted by Gasteiger charge is 2.45. The molecular formula is C29H24N2O5S. The van der Waals surface area contributed by atoms with Crippen molar-refractivity contribution < 1.29 is 24.5 Å². The van der Waals surface area contributed by atoms with Crippen molar-refractivity contribution in [2.45, 2.75) is 19.9 Å². The summed E-state index contributed by atoms with van der Waals surface area (Å²) in [7, 11) is 0. The second-order valence-corrected chi connectivity index (χ2v) is 9.59. The van der Waals surface area contributed by atoms with Gasteiger partial charge >= 0.3 is 0 Å². The van der Waals surface area contributed by atoms with Gasteiger partial charge in [-0.05, 0) is 60.9 Å². The van der Waals surface area contributed by atoms with Gasteiger partial charge in [0.25, 0.3) is 5.91 Å². The molecule has 1 aliphatic rings. The lowest BCUT2D eigenvalue weighted by Gasteiger charge is -2.24. The summed E-state index contributed by atoms with van der Waals surface area (Å²) in [5, 5.41) is 21.6. The first-order valence-corrected chi connectivity index (χ1v) is 12.6. The Labute approximate surface area is 217 Å². The number of carbonyl (C=O) groups is 2. The molecule has 5 rings (SSSR count). The van der Waals surface area contributed by atoms with Gasteiger partial charge in [-0.3, -0.25) is 14.5 Å². The van der Waals surface area contributed by atoms with E-state index in [1.165, 1.54) is 28.4 Å². The number of thiazole rings is 1. The number of phenols is 1. The van der Waals surface area contributed by atoms with Gasteiger partial charge in [0, 0.05) is 0 Å². The Hall–Kier alpha value is -4.43. The van der Waals surface area contributed by atoms with Crippen molar-refractivity contribution in [3.05, 3.63) is 101 Å². The zero-order chi connectivity index (χ0) is 26.1. The maximum Gasteiger partial charge on any atom is 0.296 e. The number of anilines is 1. The average Bonchev–Trinajstić information content (AvgIpc) is 3.42. The molecular weight excluding hydrogens is 488 g/mol. The van der Waals surface area contributed by atoms with E-state index in [0.29, 0.717) is 22.8 Å². The zero-order valence-corrected chi connectivity index (χ0v) is 21.0. The number of nitrogens with zero attached hydrogens (tertiary/aromatic N) is 2. The summed E-state index contributed by atoms with van der Waals surface area (Å²) in [4.78, 5) is 32.8. The minimum atomic E-state index is -0.970. The van der Waals surface area contributed by atoms with Crippen LogP contribution < -0.4 is 9.64 Å². The number of aliphatic hydroxyl groups excluding tert-OH is 1. The summed E-state index contributed by atoms with van der Waals surface area (Å²) in [5.74, 6) is -1.71. The number of phenolic OH excluding ortho intramolecular Hbond substituents is 1. The molecule has 0 saturated carbocycles. The fourth-order valence-electron chi connectivity index (χ4n) is 4.29. The van der Waals surface area contributed by atoms with E-state index in [1.807, 2.05) is 55.5 Å². The second kappa shape index (κ2) is 9.91. The molecule has 4 aromatic rings. The molecule has 0 bridgehead atoms. The third kappa shape index (κ3) is 4.59. The number of amides is 1. The molecule has 1 aliphatic heterocycles. The molecule has 1 amide bonds. The summed E-state index contributed by atoms with van der Waals surface area (Å²) in [6.45, 7) is 4.07. The molecule has 7 nitrogen and oxygen atoms in total. The van der Waals surface area contributed by atoms with Crippen molar-refractivity contribution in [1.82, 2.24) is 4.98 Å². The molecule has 8 heteroatoms. The van der Waals surface area contributed by atoms with E-state index in [9.17, 15) is 19.8 Å². The van der Waals surface area contributed by atoms with Gasteiger partial charge in [-0.25, -0.2) is 4.98 Å². The lowest BCUT2D eigenvalue weighted by atomic mass is 9.95. The van der Waals surface area contributed by atoms with E-state index in [-0.39, 0.29) is 17.1 Å². The zero-order valence-electron chi connectivity index (χ0n) is 20.2. The molecule has 1 unspecified atom stereocenters. The van der Waals surface area contributed by atoms with Gasteiger partial charge in [-0.15, -0.1) is 0 Å².